The number of hydrogen-bond acceptors (Lipinski definition) is 3. The van der Waals surface area contributed by atoms with Crippen LogP contribution in [-0.4, -0.2) is 18.2 Å². The van der Waals surface area contributed by atoms with Gasteiger partial charge in [-0.05, 0) is 55.5 Å². The SMILES string of the molecule is C=Cc1cc(OC(F)F)cc(C(C)C)c1CC(=O)OC(C)(C)C. The topological polar surface area (TPSA) is 35.5 Å². The Labute approximate surface area is 136 Å². The molecule has 0 spiro atoms. The lowest BCUT2D eigenvalue weighted by Gasteiger charge is -2.22. The number of halogens is 2. The van der Waals surface area contributed by atoms with Crippen LogP contribution in [0.2, 0.25) is 0 Å². The first-order valence-corrected chi connectivity index (χ1v) is 7.49. The van der Waals surface area contributed by atoms with E-state index in [1.807, 2.05) is 13.8 Å². The van der Waals surface area contributed by atoms with Gasteiger partial charge in [0.1, 0.15) is 11.4 Å². The molecule has 0 atom stereocenters. The van der Waals surface area contributed by atoms with Crippen LogP contribution in [0, 0.1) is 0 Å². The Kier molecular flexibility index (Phi) is 6.30. The third-order valence-corrected chi connectivity index (χ3v) is 3.10. The Morgan fingerprint density at radius 3 is 2.35 bits per heavy atom. The molecule has 0 saturated carbocycles. The van der Waals surface area contributed by atoms with Gasteiger partial charge in [-0.15, -0.1) is 0 Å². The lowest BCUT2D eigenvalue weighted by atomic mass is 9.91. The second-order valence-electron chi connectivity index (χ2n) is 6.58. The fourth-order valence-corrected chi connectivity index (χ4v) is 2.28. The maximum atomic E-state index is 12.5. The molecule has 1 rings (SSSR count). The van der Waals surface area contributed by atoms with Gasteiger partial charge in [0.05, 0.1) is 6.42 Å². The van der Waals surface area contributed by atoms with Crippen molar-refractivity contribution >= 4 is 12.0 Å². The van der Waals surface area contributed by atoms with Crippen LogP contribution in [0.25, 0.3) is 6.08 Å². The Bertz CT molecular complexity index is 572. The van der Waals surface area contributed by atoms with Crippen molar-refractivity contribution in [2.24, 2.45) is 0 Å². The number of benzene rings is 1. The van der Waals surface area contributed by atoms with Gasteiger partial charge in [0, 0.05) is 0 Å². The minimum absolute atomic E-state index is 0.0346. The van der Waals surface area contributed by atoms with Gasteiger partial charge in [-0.1, -0.05) is 26.5 Å². The van der Waals surface area contributed by atoms with Crippen molar-refractivity contribution < 1.29 is 23.0 Å². The van der Waals surface area contributed by atoms with E-state index in [2.05, 4.69) is 11.3 Å². The Morgan fingerprint density at radius 2 is 1.91 bits per heavy atom. The normalized spacial score (nSPS) is 11.7. The molecule has 0 aliphatic rings. The highest BCUT2D eigenvalue weighted by Gasteiger charge is 2.21. The fraction of sp³-hybridized carbons (Fsp3) is 0.500. The van der Waals surface area contributed by atoms with E-state index in [1.165, 1.54) is 12.1 Å². The van der Waals surface area contributed by atoms with Gasteiger partial charge in [0.2, 0.25) is 0 Å². The van der Waals surface area contributed by atoms with E-state index in [0.29, 0.717) is 5.56 Å². The fourth-order valence-electron chi connectivity index (χ4n) is 2.28. The molecular formula is C18H24F2O3. The Hall–Kier alpha value is -1.91. The van der Waals surface area contributed by atoms with E-state index >= 15 is 0 Å². The maximum Gasteiger partial charge on any atom is 0.387 e. The average Bonchev–Trinajstić information content (AvgIpc) is 2.36. The van der Waals surface area contributed by atoms with Crippen molar-refractivity contribution in [3.63, 3.8) is 0 Å². The van der Waals surface area contributed by atoms with Crippen LogP contribution in [0.15, 0.2) is 18.7 Å². The lowest BCUT2D eigenvalue weighted by Crippen LogP contribution is -2.25. The minimum atomic E-state index is -2.90. The predicted octanol–water partition coefficient (Wildman–Crippen LogP) is 4.94. The standard InChI is InChI=1S/C18H24F2O3/c1-7-12-8-13(22-17(19)20)9-14(11(2)3)15(12)10-16(21)23-18(4,5)6/h7-9,11,17H,1,10H2,2-6H3. The minimum Gasteiger partial charge on any atom is -0.460 e. The van der Waals surface area contributed by atoms with E-state index < -0.39 is 12.2 Å². The predicted molar refractivity (Wildman–Crippen MR) is 86.8 cm³/mol. The zero-order valence-electron chi connectivity index (χ0n) is 14.3. The third kappa shape index (κ3) is 6.00. The van der Waals surface area contributed by atoms with Gasteiger partial charge < -0.3 is 9.47 Å². The van der Waals surface area contributed by atoms with Gasteiger partial charge in [0.25, 0.3) is 0 Å². The van der Waals surface area contributed by atoms with Crippen molar-refractivity contribution in [2.45, 2.75) is 59.2 Å². The molecule has 0 heterocycles. The van der Waals surface area contributed by atoms with Crippen molar-refractivity contribution in [2.75, 3.05) is 0 Å². The summed E-state index contributed by atoms with van der Waals surface area (Å²) < 4.78 is 34.8. The molecule has 0 amide bonds. The third-order valence-electron chi connectivity index (χ3n) is 3.10. The highest BCUT2D eigenvalue weighted by Crippen LogP contribution is 2.31. The lowest BCUT2D eigenvalue weighted by molar-refractivity contribution is -0.153. The van der Waals surface area contributed by atoms with Crippen molar-refractivity contribution in [3.05, 3.63) is 35.4 Å². The number of alkyl halides is 2. The first-order valence-electron chi connectivity index (χ1n) is 7.49. The molecule has 1 aromatic rings. The number of esters is 1. The van der Waals surface area contributed by atoms with Crippen LogP contribution in [0.4, 0.5) is 8.78 Å². The van der Waals surface area contributed by atoms with Gasteiger partial charge in [0.15, 0.2) is 0 Å². The molecule has 0 bridgehead atoms. The quantitative estimate of drug-likeness (QED) is 0.695. The molecule has 0 saturated heterocycles. The van der Waals surface area contributed by atoms with Crippen molar-refractivity contribution in [3.8, 4) is 5.75 Å². The Balaban J connectivity index is 3.23. The highest BCUT2D eigenvalue weighted by molar-refractivity contribution is 5.76. The second-order valence-corrected chi connectivity index (χ2v) is 6.58. The monoisotopic (exact) mass is 326 g/mol. The van der Waals surface area contributed by atoms with Crippen LogP contribution in [0.1, 0.15) is 57.2 Å². The second kappa shape index (κ2) is 7.57. The summed E-state index contributed by atoms with van der Waals surface area (Å²) in [4.78, 5) is 12.1. The average molecular weight is 326 g/mol. The van der Waals surface area contributed by atoms with E-state index in [9.17, 15) is 13.6 Å². The summed E-state index contributed by atoms with van der Waals surface area (Å²) in [5.74, 6) is -0.274. The van der Waals surface area contributed by atoms with E-state index in [0.717, 1.165) is 11.1 Å². The molecule has 0 N–H and O–H groups in total. The van der Waals surface area contributed by atoms with E-state index in [4.69, 9.17) is 4.74 Å². The molecule has 5 heteroatoms. The van der Waals surface area contributed by atoms with E-state index in [-0.39, 0.29) is 24.1 Å². The molecule has 0 aromatic heterocycles. The zero-order chi connectivity index (χ0) is 17.8. The summed E-state index contributed by atoms with van der Waals surface area (Å²) >= 11 is 0. The summed E-state index contributed by atoms with van der Waals surface area (Å²) in [6, 6.07) is 3.01. The molecule has 0 aliphatic carbocycles. The molecular weight excluding hydrogens is 302 g/mol. The van der Waals surface area contributed by atoms with Crippen LogP contribution >= 0.6 is 0 Å². The van der Waals surface area contributed by atoms with Crippen LogP contribution in [0.5, 0.6) is 5.75 Å². The molecule has 0 aliphatic heterocycles. The summed E-state index contributed by atoms with van der Waals surface area (Å²) in [5, 5.41) is 0. The molecule has 1 aromatic carbocycles. The van der Waals surface area contributed by atoms with E-state index in [1.54, 1.807) is 26.8 Å². The number of rotatable bonds is 6. The van der Waals surface area contributed by atoms with Gasteiger partial charge in [-0.3, -0.25) is 4.79 Å². The van der Waals surface area contributed by atoms with Gasteiger partial charge >= 0.3 is 12.6 Å². The molecule has 3 nitrogen and oxygen atoms in total. The maximum absolute atomic E-state index is 12.5. The van der Waals surface area contributed by atoms with Crippen molar-refractivity contribution in [1.82, 2.24) is 0 Å². The van der Waals surface area contributed by atoms with Crippen molar-refractivity contribution in [1.29, 1.82) is 0 Å². The first kappa shape index (κ1) is 19.1. The zero-order valence-corrected chi connectivity index (χ0v) is 14.3. The number of carbonyl (C=O) groups excluding carboxylic acids is 1. The first-order chi connectivity index (χ1) is 10.5. The number of carbonyl (C=O) groups is 1. The number of hydrogen-bond donors (Lipinski definition) is 0. The van der Waals surface area contributed by atoms with Gasteiger partial charge in [-0.2, -0.15) is 8.78 Å². The molecule has 0 fully saturated rings. The van der Waals surface area contributed by atoms with Gasteiger partial charge in [-0.25, -0.2) is 0 Å². The molecule has 23 heavy (non-hydrogen) atoms. The molecule has 128 valence electrons. The summed E-state index contributed by atoms with van der Waals surface area (Å²) in [6.07, 6.45) is 1.59. The van der Waals surface area contributed by atoms with Crippen LogP contribution in [-0.2, 0) is 16.0 Å². The number of ether oxygens (including phenoxy) is 2. The van der Waals surface area contributed by atoms with Crippen LogP contribution in [0.3, 0.4) is 0 Å². The summed E-state index contributed by atoms with van der Waals surface area (Å²) in [7, 11) is 0. The van der Waals surface area contributed by atoms with Crippen LogP contribution < -0.4 is 4.74 Å². The smallest absolute Gasteiger partial charge is 0.387 e. The molecule has 0 unspecified atom stereocenters. The summed E-state index contributed by atoms with van der Waals surface area (Å²) in [5.41, 5.74) is 1.51. The highest BCUT2D eigenvalue weighted by atomic mass is 19.3. The molecule has 0 radical (unpaired) electrons. The summed E-state index contributed by atoms with van der Waals surface area (Å²) in [6.45, 7) is 10.0. The largest absolute Gasteiger partial charge is 0.460 e. The Morgan fingerprint density at radius 1 is 1.30 bits per heavy atom.